The maximum atomic E-state index is 12.6. The summed E-state index contributed by atoms with van der Waals surface area (Å²) in [7, 11) is 1.60. The van der Waals surface area contributed by atoms with Crippen LogP contribution >= 0.6 is 39.1 Å². The number of carbonyl (C=O) groups excluding carboxylic acids is 3. The molecule has 0 fully saturated rings. The van der Waals surface area contributed by atoms with Crippen LogP contribution in [0.4, 0.5) is 5.69 Å². The lowest BCUT2D eigenvalue weighted by molar-refractivity contribution is -0.118. The second kappa shape index (κ2) is 7.02. The van der Waals surface area contributed by atoms with Crippen molar-refractivity contribution in [3.05, 3.63) is 61.5 Å². The average molecular weight is 456 g/mol. The molecule has 0 saturated heterocycles. The molecular weight excluding hydrogens is 443 g/mol. The van der Waals surface area contributed by atoms with Crippen LogP contribution in [0.3, 0.4) is 0 Å². The highest BCUT2D eigenvalue weighted by Crippen LogP contribution is 2.31. The highest BCUT2D eigenvalue weighted by molar-refractivity contribution is 9.10. The molecular formula is C18H13BrCl2N2O3. The van der Waals surface area contributed by atoms with Gasteiger partial charge in [-0.1, -0.05) is 39.1 Å². The van der Waals surface area contributed by atoms with Gasteiger partial charge in [0.1, 0.15) is 6.54 Å². The number of hydrogen-bond donors (Lipinski definition) is 0. The third-order valence-corrected chi connectivity index (χ3v) is 5.41. The van der Waals surface area contributed by atoms with E-state index in [1.807, 2.05) is 19.1 Å². The zero-order valence-electron chi connectivity index (χ0n) is 13.8. The molecule has 0 aliphatic carbocycles. The van der Waals surface area contributed by atoms with E-state index < -0.39 is 11.8 Å². The molecule has 26 heavy (non-hydrogen) atoms. The fraction of sp³-hybridized carbons (Fsp3) is 0.167. The van der Waals surface area contributed by atoms with Gasteiger partial charge in [-0.2, -0.15) is 0 Å². The van der Waals surface area contributed by atoms with Gasteiger partial charge in [-0.3, -0.25) is 19.3 Å². The van der Waals surface area contributed by atoms with Crippen molar-refractivity contribution in [3.8, 4) is 0 Å². The van der Waals surface area contributed by atoms with Crippen LogP contribution in [-0.2, 0) is 4.79 Å². The first-order chi connectivity index (χ1) is 12.2. The van der Waals surface area contributed by atoms with Gasteiger partial charge in [-0.05, 0) is 42.8 Å². The molecule has 0 aromatic heterocycles. The van der Waals surface area contributed by atoms with Crippen LogP contribution in [0.1, 0.15) is 26.3 Å². The fourth-order valence-corrected chi connectivity index (χ4v) is 3.60. The molecule has 1 heterocycles. The third-order valence-electron chi connectivity index (χ3n) is 4.20. The number of rotatable bonds is 3. The number of imide groups is 1. The molecule has 0 saturated carbocycles. The van der Waals surface area contributed by atoms with E-state index in [1.165, 1.54) is 17.0 Å². The van der Waals surface area contributed by atoms with Crippen LogP contribution in [0.15, 0.2) is 34.8 Å². The summed E-state index contributed by atoms with van der Waals surface area (Å²) >= 11 is 15.2. The summed E-state index contributed by atoms with van der Waals surface area (Å²) < 4.78 is 0.897. The summed E-state index contributed by atoms with van der Waals surface area (Å²) in [6.45, 7) is 1.50. The third kappa shape index (κ3) is 3.24. The van der Waals surface area contributed by atoms with Gasteiger partial charge in [-0.15, -0.1) is 0 Å². The minimum Gasteiger partial charge on any atom is -0.314 e. The molecule has 2 aromatic carbocycles. The zero-order valence-corrected chi connectivity index (χ0v) is 16.9. The Balaban J connectivity index is 1.84. The number of benzene rings is 2. The summed E-state index contributed by atoms with van der Waals surface area (Å²) in [6.07, 6.45) is 0. The first-order valence-electron chi connectivity index (χ1n) is 7.58. The van der Waals surface area contributed by atoms with Crippen LogP contribution < -0.4 is 4.90 Å². The van der Waals surface area contributed by atoms with Gasteiger partial charge in [0, 0.05) is 17.2 Å². The smallest absolute Gasteiger partial charge is 0.262 e. The van der Waals surface area contributed by atoms with Gasteiger partial charge in [0.2, 0.25) is 5.91 Å². The summed E-state index contributed by atoms with van der Waals surface area (Å²) in [6, 6.07) is 8.20. The van der Waals surface area contributed by atoms with Gasteiger partial charge in [-0.25, -0.2) is 0 Å². The van der Waals surface area contributed by atoms with Crippen molar-refractivity contribution < 1.29 is 14.4 Å². The first kappa shape index (κ1) is 18.9. The summed E-state index contributed by atoms with van der Waals surface area (Å²) in [5.74, 6) is -1.50. The van der Waals surface area contributed by atoms with Crippen LogP contribution in [-0.4, -0.2) is 36.2 Å². The molecule has 0 spiro atoms. The van der Waals surface area contributed by atoms with E-state index in [0.29, 0.717) is 5.69 Å². The molecule has 8 heteroatoms. The molecule has 5 nitrogen and oxygen atoms in total. The van der Waals surface area contributed by atoms with Crippen molar-refractivity contribution in [3.63, 3.8) is 0 Å². The summed E-state index contributed by atoms with van der Waals surface area (Å²) in [4.78, 5) is 40.0. The van der Waals surface area contributed by atoms with E-state index in [-0.39, 0.29) is 33.6 Å². The Labute approximate surface area is 168 Å². The maximum Gasteiger partial charge on any atom is 0.262 e. The Kier molecular flexibility index (Phi) is 5.10. The van der Waals surface area contributed by atoms with Crippen LogP contribution in [0, 0.1) is 6.92 Å². The van der Waals surface area contributed by atoms with E-state index in [2.05, 4.69) is 15.9 Å². The number of carbonyl (C=O) groups is 3. The normalized spacial score (nSPS) is 13.2. The number of aryl methyl sites for hydroxylation is 1. The number of fused-ring (bicyclic) bond motifs is 1. The predicted octanol–water partition coefficient (Wildman–Crippen LogP) is 4.32. The lowest BCUT2D eigenvalue weighted by atomic mass is 10.1. The number of halogens is 3. The second-order valence-corrected chi connectivity index (χ2v) is 7.62. The SMILES string of the molecule is Cc1cc(Br)ccc1N(C)C(=O)CN1C(=O)c2cc(Cl)c(Cl)cc2C1=O. The van der Waals surface area contributed by atoms with E-state index >= 15 is 0 Å². The van der Waals surface area contributed by atoms with Gasteiger partial charge in [0.05, 0.1) is 21.2 Å². The topological polar surface area (TPSA) is 57.7 Å². The summed E-state index contributed by atoms with van der Waals surface area (Å²) in [5.41, 5.74) is 1.89. The Morgan fingerprint density at radius 3 is 2.12 bits per heavy atom. The molecule has 3 rings (SSSR count). The molecule has 0 radical (unpaired) electrons. The van der Waals surface area contributed by atoms with Crippen molar-refractivity contribution in [1.29, 1.82) is 0 Å². The Hall–Kier alpha value is -1.89. The lowest BCUT2D eigenvalue weighted by Crippen LogP contribution is -2.41. The van der Waals surface area contributed by atoms with E-state index in [0.717, 1.165) is 14.9 Å². The first-order valence-corrected chi connectivity index (χ1v) is 9.13. The Morgan fingerprint density at radius 2 is 1.62 bits per heavy atom. The molecule has 3 amide bonds. The molecule has 134 valence electrons. The van der Waals surface area contributed by atoms with Gasteiger partial charge in [0.25, 0.3) is 11.8 Å². The van der Waals surface area contributed by atoms with Gasteiger partial charge >= 0.3 is 0 Å². The number of anilines is 1. The molecule has 2 aromatic rings. The second-order valence-electron chi connectivity index (χ2n) is 5.89. The van der Waals surface area contributed by atoms with Gasteiger partial charge < -0.3 is 4.90 Å². The standard InChI is InChI=1S/C18H13BrCl2N2O3/c1-9-5-10(19)3-4-15(9)22(2)16(24)8-23-17(25)11-6-13(20)14(21)7-12(11)18(23)26/h3-7H,8H2,1-2H3. The maximum absolute atomic E-state index is 12.6. The number of likely N-dealkylation sites (N-methyl/N-ethyl adjacent to an activating group) is 1. The fourth-order valence-electron chi connectivity index (χ4n) is 2.80. The lowest BCUT2D eigenvalue weighted by Gasteiger charge is -2.22. The molecule has 0 atom stereocenters. The highest BCUT2D eigenvalue weighted by atomic mass is 79.9. The van der Waals surface area contributed by atoms with Crippen LogP contribution in [0.25, 0.3) is 0 Å². The monoisotopic (exact) mass is 454 g/mol. The molecule has 0 unspecified atom stereocenters. The predicted molar refractivity (Wildman–Crippen MR) is 104 cm³/mol. The molecule has 0 bridgehead atoms. The Bertz CT molecular complexity index is 921. The minimum absolute atomic E-state index is 0.152. The van der Waals surface area contributed by atoms with Crippen molar-refractivity contribution in [2.75, 3.05) is 18.5 Å². The highest BCUT2D eigenvalue weighted by Gasteiger charge is 2.38. The van der Waals surface area contributed by atoms with Crippen molar-refractivity contribution in [2.24, 2.45) is 0 Å². The minimum atomic E-state index is -0.558. The van der Waals surface area contributed by atoms with Crippen LogP contribution in [0.5, 0.6) is 0 Å². The van der Waals surface area contributed by atoms with E-state index in [4.69, 9.17) is 23.2 Å². The number of amides is 3. The van der Waals surface area contributed by atoms with Crippen molar-refractivity contribution in [1.82, 2.24) is 4.90 Å². The van der Waals surface area contributed by atoms with E-state index in [9.17, 15) is 14.4 Å². The van der Waals surface area contributed by atoms with E-state index in [1.54, 1.807) is 13.1 Å². The largest absolute Gasteiger partial charge is 0.314 e. The zero-order chi connectivity index (χ0) is 19.2. The number of nitrogens with zero attached hydrogens (tertiary/aromatic N) is 2. The molecule has 1 aliphatic rings. The average Bonchev–Trinajstić information content (AvgIpc) is 2.79. The van der Waals surface area contributed by atoms with Crippen molar-refractivity contribution >= 4 is 62.5 Å². The Morgan fingerprint density at radius 1 is 1.08 bits per heavy atom. The van der Waals surface area contributed by atoms with Crippen LogP contribution in [0.2, 0.25) is 10.0 Å². The van der Waals surface area contributed by atoms with Gasteiger partial charge in [0.15, 0.2) is 0 Å². The van der Waals surface area contributed by atoms with Crippen molar-refractivity contribution in [2.45, 2.75) is 6.92 Å². The molecule has 1 aliphatic heterocycles. The number of hydrogen-bond acceptors (Lipinski definition) is 3. The quantitative estimate of drug-likeness (QED) is 0.647. The molecule has 0 N–H and O–H groups in total. The summed E-state index contributed by atoms with van der Waals surface area (Å²) in [5, 5.41) is 0.365.